The minimum absolute atomic E-state index is 0.133. The van der Waals surface area contributed by atoms with Crippen LogP contribution in [0.3, 0.4) is 0 Å². The first-order chi connectivity index (χ1) is 18.0. The highest BCUT2D eigenvalue weighted by Crippen LogP contribution is 2.14. The topological polar surface area (TPSA) is 218 Å². The standard InChI is InChI=1S/C20H32N6O10P2/c1-11(27)23-12(4-3-9-21-20(34)25-38-2)18(32)22-10-14(28)24-13(5-8-17(31)36-37)19(33)35-26-15(29)6-7-16(26)30/h12-13,38H,3-10,37H2,1-2H3,(H,22,32)(H,23,27)(H,24,28)(H2,21,25,34)/t12-,13?/m0/s1. The van der Waals surface area contributed by atoms with Gasteiger partial charge in [0.2, 0.25) is 17.7 Å². The second-order valence-corrected chi connectivity index (χ2v) is 8.87. The Morgan fingerprint density at radius 3 is 2.24 bits per heavy atom. The van der Waals surface area contributed by atoms with E-state index in [0.717, 1.165) is 0 Å². The number of hydrogen-bond donors (Lipinski definition) is 5. The zero-order chi connectivity index (χ0) is 28.7. The molecule has 4 atom stereocenters. The predicted molar refractivity (Wildman–Crippen MR) is 135 cm³/mol. The van der Waals surface area contributed by atoms with E-state index in [4.69, 9.17) is 4.84 Å². The van der Waals surface area contributed by atoms with E-state index >= 15 is 0 Å². The van der Waals surface area contributed by atoms with Crippen molar-refractivity contribution in [3.63, 3.8) is 0 Å². The summed E-state index contributed by atoms with van der Waals surface area (Å²) in [6.07, 6.45) is -0.356. The number of carbonyl (C=O) groups is 8. The third-order valence-electron chi connectivity index (χ3n) is 4.89. The Hall–Kier alpha value is -3.38. The average molecular weight is 578 g/mol. The molecule has 1 heterocycles. The van der Waals surface area contributed by atoms with Crippen molar-refractivity contribution in [1.29, 1.82) is 0 Å². The molecule has 38 heavy (non-hydrogen) atoms. The first-order valence-electron chi connectivity index (χ1n) is 11.5. The molecule has 0 bridgehead atoms. The van der Waals surface area contributed by atoms with Gasteiger partial charge in [0.25, 0.3) is 11.8 Å². The minimum Gasteiger partial charge on any atom is -0.452 e. The van der Waals surface area contributed by atoms with Crippen LogP contribution in [0.1, 0.15) is 45.4 Å². The zero-order valence-electron chi connectivity index (χ0n) is 20.9. The highest BCUT2D eigenvalue weighted by atomic mass is 31.1. The third kappa shape index (κ3) is 12.2. The fourth-order valence-corrected chi connectivity index (χ4v) is 3.53. The Kier molecular flexibility index (Phi) is 14.8. The van der Waals surface area contributed by atoms with Crippen LogP contribution in [0.5, 0.6) is 0 Å². The van der Waals surface area contributed by atoms with Crippen molar-refractivity contribution in [3.8, 4) is 0 Å². The number of nitrogens with zero attached hydrogens (tertiary/aromatic N) is 1. The summed E-state index contributed by atoms with van der Waals surface area (Å²) in [6, 6.07) is -2.81. The second kappa shape index (κ2) is 17.2. The van der Waals surface area contributed by atoms with Crippen LogP contribution in [0, 0.1) is 0 Å². The zero-order valence-corrected chi connectivity index (χ0v) is 23.1. The highest BCUT2D eigenvalue weighted by Gasteiger charge is 2.35. The molecule has 7 amide bonds. The lowest BCUT2D eigenvalue weighted by Crippen LogP contribution is -2.51. The van der Waals surface area contributed by atoms with Crippen molar-refractivity contribution in [2.45, 2.75) is 57.5 Å². The maximum absolute atomic E-state index is 12.5. The fraction of sp³-hybridized carbons (Fsp3) is 0.600. The van der Waals surface area contributed by atoms with Gasteiger partial charge < -0.3 is 35.7 Å². The Balaban J connectivity index is 2.69. The van der Waals surface area contributed by atoms with E-state index in [0.29, 0.717) is 11.5 Å². The molecule has 1 aliphatic rings. The van der Waals surface area contributed by atoms with Crippen LogP contribution in [0.4, 0.5) is 4.79 Å². The van der Waals surface area contributed by atoms with Crippen molar-refractivity contribution in [3.05, 3.63) is 0 Å². The van der Waals surface area contributed by atoms with Gasteiger partial charge in [-0.3, -0.25) is 28.8 Å². The predicted octanol–water partition coefficient (Wildman–Crippen LogP) is -1.88. The van der Waals surface area contributed by atoms with Gasteiger partial charge in [0.15, 0.2) is 0 Å². The summed E-state index contributed by atoms with van der Waals surface area (Å²) in [4.78, 5) is 100. The normalized spacial score (nSPS) is 14.4. The summed E-state index contributed by atoms with van der Waals surface area (Å²) in [5, 5.41) is 12.5. The van der Waals surface area contributed by atoms with Gasteiger partial charge in [-0.05, 0) is 34.7 Å². The molecule has 0 spiro atoms. The van der Waals surface area contributed by atoms with Gasteiger partial charge in [-0.1, -0.05) is 0 Å². The van der Waals surface area contributed by atoms with E-state index in [9.17, 15) is 38.4 Å². The lowest BCUT2D eigenvalue weighted by atomic mass is 10.1. The molecule has 0 saturated carbocycles. The number of amides is 7. The van der Waals surface area contributed by atoms with E-state index in [1.807, 2.05) is 0 Å². The molecule has 1 fully saturated rings. The van der Waals surface area contributed by atoms with E-state index in [1.54, 1.807) is 16.1 Å². The number of rotatable bonds is 15. The van der Waals surface area contributed by atoms with Crippen LogP contribution in [-0.2, 0) is 42.9 Å². The smallest absolute Gasteiger partial charge is 0.355 e. The molecule has 0 aromatic rings. The van der Waals surface area contributed by atoms with Crippen LogP contribution < -0.4 is 26.4 Å². The maximum Gasteiger partial charge on any atom is 0.355 e. The van der Waals surface area contributed by atoms with Crippen molar-refractivity contribution in [2.24, 2.45) is 0 Å². The highest BCUT2D eigenvalue weighted by molar-refractivity contribution is 7.35. The Morgan fingerprint density at radius 2 is 1.66 bits per heavy atom. The van der Waals surface area contributed by atoms with Gasteiger partial charge in [-0.25, -0.2) is 9.59 Å². The Bertz CT molecular complexity index is 918. The van der Waals surface area contributed by atoms with E-state index in [-0.39, 0.29) is 53.4 Å². The molecule has 1 aliphatic heterocycles. The number of carbonyl (C=O) groups excluding carboxylic acids is 8. The second-order valence-electron chi connectivity index (χ2n) is 7.88. The molecule has 0 aromatic carbocycles. The van der Waals surface area contributed by atoms with Gasteiger partial charge in [-0.2, -0.15) is 0 Å². The average Bonchev–Trinajstić information content (AvgIpc) is 3.18. The quantitative estimate of drug-likeness (QED) is 0.0827. The number of hydrogen-bond acceptors (Lipinski definition) is 10. The molecule has 0 aliphatic carbocycles. The first kappa shape index (κ1) is 32.6. The van der Waals surface area contributed by atoms with Crippen LogP contribution in [0.2, 0.25) is 0 Å². The number of urea groups is 1. The molecular formula is C20H32N6O10P2. The largest absolute Gasteiger partial charge is 0.452 e. The van der Waals surface area contributed by atoms with E-state index in [1.165, 1.54) is 6.92 Å². The van der Waals surface area contributed by atoms with Gasteiger partial charge in [0.1, 0.15) is 12.1 Å². The van der Waals surface area contributed by atoms with Crippen molar-refractivity contribution in [1.82, 2.24) is 31.4 Å². The molecule has 16 nitrogen and oxygen atoms in total. The lowest BCUT2D eigenvalue weighted by Gasteiger charge is -2.21. The number of nitrogens with one attached hydrogen (secondary N) is 5. The molecule has 0 radical (unpaired) electrons. The van der Waals surface area contributed by atoms with Crippen LogP contribution >= 0.6 is 18.2 Å². The van der Waals surface area contributed by atoms with Gasteiger partial charge in [0, 0.05) is 32.7 Å². The Labute approximate surface area is 222 Å². The van der Waals surface area contributed by atoms with Crippen LogP contribution in [-0.4, -0.2) is 84.4 Å². The summed E-state index contributed by atoms with van der Waals surface area (Å²) < 4.78 is 4.43. The first-order valence-corrected chi connectivity index (χ1v) is 13.5. The van der Waals surface area contributed by atoms with Gasteiger partial charge in [0.05, 0.1) is 16.0 Å². The summed E-state index contributed by atoms with van der Waals surface area (Å²) >= 11 is 0. The molecule has 5 N–H and O–H groups in total. The third-order valence-corrected chi connectivity index (χ3v) is 5.63. The van der Waals surface area contributed by atoms with E-state index in [2.05, 4.69) is 30.9 Å². The summed E-state index contributed by atoms with van der Waals surface area (Å²) in [5.74, 6) is -5.36. The number of imide groups is 1. The molecular weight excluding hydrogens is 546 g/mol. The minimum atomic E-state index is -1.45. The van der Waals surface area contributed by atoms with Gasteiger partial charge in [-0.15, -0.1) is 5.06 Å². The molecule has 1 saturated heterocycles. The van der Waals surface area contributed by atoms with Gasteiger partial charge >= 0.3 is 18.0 Å². The summed E-state index contributed by atoms with van der Waals surface area (Å²) in [5.41, 5.74) is 0. The van der Waals surface area contributed by atoms with Crippen LogP contribution in [0.25, 0.3) is 0 Å². The van der Waals surface area contributed by atoms with E-state index < -0.39 is 60.1 Å². The molecule has 1 rings (SSSR count). The fourth-order valence-electron chi connectivity index (χ4n) is 3.10. The van der Waals surface area contributed by atoms with Crippen molar-refractivity contribution >= 4 is 65.7 Å². The Morgan fingerprint density at radius 1 is 1.00 bits per heavy atom. The summed E-state index contributed by atoms with van der Waals surface area (Å²) in [7, 11) is 1.96. The maximum atomic E-state index is 12.5. The lowest BCUT2D eigenvalue weighted by molar-refractivity contribution is -0.199. The SMILES string of the molecule is CPNC(=O)NCCC[C@H](NC(C)=O)C(=O)NCC(=O)NC(CCC(=O)OP)C(=O)ON1C(=O)CCC1=O. The summed E-state index contributed by atoms with van der Waals surface area (Å²) in [6.45, 7) is 2.63. The molecule has 0 aromatic heterocycles. The number of hydroxylamine groups is 2. The molecule has 212 valence electrons. The molecule has 18 heteroatoms. The monoisotopic (exact) mass is 578 g/mol. The molecule has 3 unspecified atom stereocenters. The van der Waals surface area contributed by atoms with Crippen molar-refractivity contribution < 1.29 is 47.7 Å². The van der Waals surface area contributed by atoms with Crippen LogP contribution in [0.15, 0.2) is 0 Å². The van der Waals surface area contributed by atoms with Crippen molar-refractivity contribution in [2.75, 3.05) is 19.8 Å².